The molecule has 5 rings (SSSR count). The minimum Gasteiger partial charge on any atom is -0.361 e. The highest BCUT2D eigenvalue weighted by molar-refractivity contribution is 6.34. The molecular weight excluding hydrogens is 473 g/mol. The number of ketones is 2. The number of hydrogen-bond acceptors (Lipinski definition) is 4. The zero-order valence-electron chi connectivity index (χ0n) is 19.4. The Morgan fingerprint density at radius 1 is 1.12 bits per heavy atom. The van der Waals surface area contributed by atoms with Crippen molar-refractivity contribution >= 4 is 40.7 Å². The smallest absolute Gasteiger partial charge is 0.227 e. The molecule has 5 nitrogen and oxygen atoms in total. The van der Waals surface area contributed by atoms with Crippen molar-refractivity contribution < 1.29 is 19.1 Å². The van der Waals surface area contributed by atoms with E-state index in [1.807, 2.05) is 19.1 Å². The summed E-state index contributed by atoms with van der Waals surface area (Å²) >= 11 is 12.3. The molecule has 6 atom stereocenters. The highest BCUT2D eigenvalue weighted by atomic mass is 35.5. The number of Topliss-reactive ketones (excluding diaryl/α,β-unsaturated/α-hetero) is 2. The molecular formula is C27H31Cl2NO4. The first-order chi connectivity index (χ1) is 16.3. The maximum Gasteiger partial charge on any atom is 0.227 e. The number of halogens is 2. The van der Waals surface area contributed by atoms with Crippen LogP contribution in [0, 0.1) is 23.7 Å². The average Bonchev–Trinajstić information content (AvgIpc) is 3.42. The van der Waals surface area contributed by atoms with Crippen molar-refractivity contribution in [2.75, 3.05) is 0 Å². The van der Waals surface area contributed by atoms with Crippen LogP contribution in [-0.2, 0) is 25.5 Å². The summed E-state index contributed by atoms with van der Waals surface area (Å²) in [4.78, 5) is 40.9. The van der Waals surface area contributed by atoms with Gasteiger partial charge in [0.15, 0.2) is 0 Å². The van der Waals surface area contributed by atoms with Crippen LogP contribution in [0.25, 0.3) is 0 Å². The van der Waals surface area contributed by atoms with E-state index in [4.69, 9.17) is 27.9 Å². The highest BCUT2D eigenvalue weighted by Crippen LogP contribution is 2.60. The summed E-state index contributed by atoms with van der Waals surface area (Å²) in [6, 6.07) is 5.23. The fourth-order valence-corrected chi connectivity index (χ4v) is 7.40. The van der Waals surface area contributed by atoms with Crippen LogP contribution in [0.2, 0.25) is 10.0 Å². The summed E-state index contributed by atoms with van der Waals surface area (Å²) in [5.41, 5.74) is -0.308. The largest absolute Gasteiger partial charge is 0.361 e. The topological polar surface area (TPSA) is 72.5 Å². The van der Waals surface area contributed by atoms with Gasteiger partial charge < -0.3 is 10.1 Å². The van der Waals surface area contributed by atoms with Crippen molar-refractivity contribution in [3.63, 3.8) is 0 Å². The summed E-state index contributed by atoms with van der Waals surface area (Å²) in [6.07, 6.45) is 10.2. The van der Waals surface area contributed by atoms with Crippen molar-refractivity contribution in [1.29, 1.82) is 0 Å². The number of fused-ring (bicyclic) bond motifs is 1. The van der Waals surface area contributed by atoms with Gasteiger partial charge in [-0.2, -0.15) is 0 Å². The normalized spacial score (nSPS) is 34.4. The van der Waals surface area contributed by atoms with Gasteiger partial charge in [0.1, 0.15) is 17.2 Å². The zero-order chi connectivity index (χ0) is 24.0. The Morgan fingerprint density at radius 3 is 2.50 bits per heavy atom. The minimum absolute atomic E-state index is 0.0000272. The number of rotatable bonds is 7. The highest BCUT2D eigenvalue weighted by Gasteiger charge is 2.72. The van der Waals surface area contributed by atoms with Crippen LogP contribution in [0.15, 0.2) is 30.4 Å². The van der Waals surface area contributed by atoms with Crippen LogP contribution in [-0.4, -0.2) is 35.2 Å². The maximum atomic E-state index is 13.8. The molecule has 34 heavy (non-hydrogen) atoms. The minimum atomic E-state index is -1.02. The fourth-order valence-electron chi connectivity index (χ4n) is 6.83. The SMILES string of the molecule is CCCC1C(=O)C2C(C(=O)Cc3cc(Cl)cc(Cl)c3)C3C=CC2(O3)C1C(=O)NC1CCCCC1. The molecule has 0 aromatic heterocycles. The second-order valence-electron chi connectivity index (χ2n) is 10.3. The monoisotopic (exact) mass is 503 g/mol. The van der Waals surface area contributed by atoms with E-state index < -0.39 is 35.4 Å². The third-order valence-electron chi connectivity index (χ3n) is 8.15. The third kappa shape index (κ3) is 4.04. The lowest BCUT2D eigenvalue weighted by molar-refractivity contribution is -0.137. The molecule has 1 saturated heterocycles. The summed E-state index contributed by atoms with van der Waals surface area (Å²) in [6.45, 7) is 2.02. The number of amides is 1. The maximum absolute atomic E-state index is 13.8. The molecule has 2 saturated carbocycles. The van der Waals surface area contributed by atoms with Gasteiger partial charge in [-0.1, -0.05) is 68.0 Å². The third-order valence-corrected chi connectivity index (χ3v) is 8.59. The van der Waals surface area contributed by atoms with Crippen molar-refractivity contribution in [3.8, 4) is 0 Å². The first-order valence-corrected chi connectivity index (χ1v) is 13.3. The number of nitrogens with one attached hydrogen (secondary N) is 1. The molecule has 182 valence electrons. The molecule has 1 N–H and O–H groups in total. The van der Waals surface area contributed by atoms with Gasteiger partial charge in [-0.25, -0.2) is 0 Å². The lowest BCUT2D eigenvalue weighted by Crippen LogP contribution is -2.49. The van der Waals surface area contributed by atoms with Crippen molar-refractivity contribution in [3.05, 3.63) is 46.0 Å². The van der Waals surface area contributed by atoms with Crippen LogP contribution >= 0.6 is 23.2 Å². The standard InChI is InChI=1S/C27H31Cl2NO4/c1-2-6-19-23(26(33)30-18-7-4-3-5-8-18)27-10-9-21(34-27)22(24(27)25(19)32)20(31)13-15-11-16(28)14-17(29)12-15/h9-12,14,18-19,21-24H,2-8,13H2,1H3,(H,30,33). The molecule has 1 amide bonds. The molecule has 2 aliphatic carbocycles. The second-order valence-corrected chi connectivity index (χ2v) is 11.2. The van der Waals surface area contributed by atoms with E-state index in [1.165, 1.54) is 6.42 Å². The first kappa shape index (κ1) is 24.0. The van der Waals surface area contributed by atoms with E-state index in [1.54, 1.807) is 18.2 Å². The molecule has 3 fully saturated rings. The van der Waals surface area contributed by atoms with Crippen molar-refractivity contribution in [1.82, 2.24) is 5.32 Å². The van der Waals surface area contributed by atoms with Gasteiger partial charge in [0.2, 0.25) is 5.91 Å². The number of hydrogen-bond donors (Lipinski definition) is 1. The second kappa shape index (κ2) is 9.40. The van der Waals surface area contributed by atoms with E-state index >= 15 is 0 Å². The Bertz CT molecular complexity index is 1010. The molecule has 7 heteroatoms. The van der Waals surface area contributed by atoms with Crippen molar-refractivity contribution in [2.45, 2.75) is 76.0 Å². The lowest BCUT2D eigenvalue weighted by Gasteiger charge is -2.33. The molecule has 4 aliphatic rings. The molecule has 1 spiro atoms. The van der Waals surface area contributed by atoms with Crippen LogP contribution in [0.1, 0.15) is 57.4 Å². The van der Waals surface area contributed by atoms with E-state index in [9.17, 15) is 14.4 Å². The van der Waals surface area contributed by atoms with E-state index in [2.05, 4.69) is 5.32 Å². The van der Waals surface area contributed by atoms with Gasteiger partial charge in [0, 0.05) is 28.4 Å². The van der Waals surface area contributed by atoms with Crippen LogP contribution in [0.4, 0.5) is 0 Å². The summed E-state index contributed by atoms with van der Waals surface area (Å²) < 4.78 is 6.41. The van der Waals surface area contributed by atoms with Gasteiger partial charge in [-0.05, 0) is 43.0 Å². The quantitative estimate of drug-likeness (QED) is 0.524. The number of ether oxygens (including phenoxy) is 1. The van der Waals surface area contributed by atoms with Crippen molar-refractivity contribution in [2.24, 2.45) is 23.7 Å². The lowest BCUT2D eigenvalue weighted by atomic mass is 9.72. The van der Waals surface area contributed by atoms with Crippen LogP contribution in [0.3, 0.4) is 0 Å². The van der Waals surface area contributed by atoms with Gasteiger partial charge in [-0.3, -0.25) is 14.4 Å². The Morgan fingerprint density at radius 2 is 1.82 bits per heavy atom. The van der Waals surface area contributed by atoms with Crippen LogP contribution in [0.5, 0.6) is 0 Å². The predicted molar refractivity (Wildman–Crippen MR) is 131 cm³/mol. The van der Waals surface area contributed by atoms with E-state index in [0.29, 0.717) is 22.0 Å². The number of benzene rings is 1. The molecule has 0 radical (unpaired) electrons. The van der Waals surface area contributed by atoms with Gasteiger partial charge >= 0.3 is 0 Å². The molecule has 6 unspecified atom stereocenters. The Hall–Kier alpha value is -1.69. The summed E-state index contributed by atoms with van der Waals surface area (Å²) in [5.74, 6) is -2.41. The molecule has 2 heterocycles. The predicted octanol–water partition coefficient (Wildman–Crippen LogP) is 5.11. The zero-order valence-corrected chi connectivity index (χ0v) is 20.9. The summed E-state index contributed by atoms with van der Waals surface area (Å²) in [5, 5.41) is 4.17. The van der Waals surface area contributed by atoms with Crippen LogP contribution < -0.4 is 5.32 Å². The first-order valence-electron chi connectivity index (χ1n) is 12.5. The molecule has 1 aromatic rings. The van der Waals surface area contributed by atoms with E-state index in [0.717, 1.165) is 32.1 Å². The van der Waals surface area contributed by atoms with E-state index in [-0.39, 0.29) is 29.9 Å². The molecule has 2 aliphatic heterocycles. The fraction of sp³-hybridized carbons (Fsp3) is 0.593. The number of carbonyl (C=O) groups excluding carboxylic acids is 3. The van der Waals surface area contributed by atoms with Gasteiger partial charge in [0.25, 0.3) is 0 Å². The number of carbonyl (C=O) groups is 3. The van der Waals surface area contributed by atoms with Gasteiger partial charge in [-0.15, -0.1) is 0 Å². The Balaban J connectivity index is 1.42. The molecule has 2 bridgehead atoms. The van der Waals surface area contributed by atoms with Gasteiger partial charge in [0.05, 0.1) is 23.9 Å². The molecule has 1 aromatic carbocycles. The average molecular weight is 504 g/mol. The Kier molecular flexibility index (Phi) is 6.64. The summed E-state index contributed by atoms with van der Waals surface area (Å²) in [7, 11) is 0. The Labute approximate surface area is 210 Å².